The molecule has 3 heterocycles. The molecule has 10 heteroatoms. The van der Waals surface area contributed by atoms with Crippen molar-refractivity contribution in [2.75, 3.05) is 33.4 Å². The fourth-order valence-corrected chi connectivity index (χ4v) is 4.03. The number of ether oxygens (including phenoxy) is 2. The van der Waals surface area contributed by atoms with Crippen molar-refractivity contribution in [3.8, 4) is 22.9 Å². The van der Waals surface area contributed by atoms with Gasteiger partial charge in [-0.3, -0.25) is 9.69 Å². The lowest BCUT2D eigenvalue weighted by molar-refractivity contribution is -0.749. The van der Waals surface area contributed by atoms with Gasteiger partial charge < -0.3 is 9.47 Å². The molecule has 3 aromatic rings. The predicted octanol–water partition coefficient (Wildman–Crippen LogP) is 1.43. The summed E-state index contributed by atoms with van der Waals surface area (Å²) in [5, 5.41) is 4.60. The summed E-state index contributed by atoms with van der Waals surface area (Å²) < 4.78 is 14.2. The Bertz CT molecular complexity index is 1260. The Hall–Kier alpha value is -3.27. The average Bonchev–Trinajstić information content (AvgIpc) is 2.83. The molecule has 1 fully saturated rings. The molecule has 1 aliphatic rings. The molecule has 1 saturated heterocycles. The minimum atomic E-state index is -0.508. The van der Waals surface area contributed by atoms with Crippen LogP contribution in [0.1, 0.15) is 39.2 Å². The lowest BCUT2D eigenvalue weighted by Gasteiger charge is -2.26. The molecule has 176 valence electrons. The summed E-state index contributed by atoms with van der Waals surface area (Å²) in [6, 6.07) is 5.39. The van der Waals surface area contributed by atoms with Crippen LogP contribution in [0.2, 0.25) is 0 Å². The highest BCUT2D eigenvalue weighted by Crippen LogP contribution is 2.31. The predicted molar refractivity (Wildman–Crippen MR) is 124 cm³/mol. The number of nitrogens with zero attached hydrogens (tertiary/aromatic N) is 5. The molecular formula is C23H31N6O4+. The molecule has 0 unspecified atom stereocenters. The first-order valence-corrected chi connectivity index (χ1v) is 11.4. The van der Waals surface area contributed by atoms with Crippen molar-refractivity contribution < 1.29 is 14.2 Å². The van der Waals surface area contributed by atoms with Crippen LogP contribution in [-0.4, -0.2) is 57.9 Å². The monoisotopic (exact) mass is 455 g/mol. The molecule has 4 rings (SSSR count). The second-order valence-electron chi connectivity index (χ2n) is 8.58. The molecule has 1 aromatic carbocycles. The van der Waals surface area contributed by atoms with Crippen molar-refractivity contribution in [1.29, 1.82) is 0 Å². The maximum Gasteiger partial charge on any atom is 0.416 e. The normalized spacial score (nSPS) is 14.7. The number of hydrogen-bond acceptors (Lipinski definition) is 7. The van der Waals surface area contributed by atoms with Crippen LogP contribution in [0.4, 0.5) is 0 Å². The van der Waals surface area contributed by atoms with Crippen LogP contribution in [0.5, 0.6) is 11.5 Å². The average molecular weight is 456 g/mol. The third kappa shape index (κ3) is 4.75. The Morgan fingerprint density at radius 1 is 1.15 bits per heavy atom. The van der Waals surface area contributed by atoms with Crippen molar-refractivity contribution in [2.45, 2.75) is 39.2 Å². The number of likely N-dealkylation sites (tertiary alicyclic amines) is 1. The molecule has 0 radical (unpaired) electrons. The van der Waals surface area contributed by atoms with Gasteiger partial charge in [-0.15, -0.1) is 4.68 Å². The number of H-pyrrole nitrogens is 1. The largest absolute Gasteiger partial charge is 0.493 e. The van der Waals surface area contributed by atoms with Crippen LogP contribution in [-0.2, 0) is 7.05 Å². The highest BCUT2D eigenvalue weighted by molar-refractivity contribution is 5.69. The highest BCUT2D eigenvalue weighted by atomic mass is 16.5. The quantitative estimate of drug-likeness (QED) is 0.537. The summed E-state index contributed by atoms with van der Waals surface area (Å²) in [7, 11) is 3.01. The molecule has 0 saturated carbocycles. The number of aromatic amines is 1. The Balaban J connectivity index is 1.66. The molecule has 10 nitrogen and oxygen atoms in total. The van der Waals surface area contributed by atoms with Crippen molar-refractivity contribution in [3.05, 3.63) is 39.0 Å². The van der Waals surface area contributed by atoms with Crippen molar-refractivity contribution in [2.24, 2.45) is 7.05 Å². The van der Waals surface area contributed by atoms with Crippen LogP contribution in [0.25, 0.3) is 22.6 Å². The fourth-order valence-electron chi connectivity index (χ4n) is 4.03. The number of nitrogens with one attached hydrogen (secondary N) is 1. The van der Waals surface area contributed by atoms with Gasteiger partial charge in [0.2, 0.25) is 11.3 Å². The number of methoxy groups -OCH3 is 1. The van der Waals surface area contributed by atoms with Crippen molar-refractivity contribution in [1.82, 2.24) is 24.5 Å². The van der Waals surface area contributed by atoms with Gasteiger partial charge >= 0.3 is 11.3 Å². The van der Waals surface area contributed by atoms with Gasteiger partial charge in [0.1, 0.15) is 12.6 Å². The van der Waals surface area contributed by atoms with Gasteiger partial charge in [-0.25, -0.2) is 14.3 Å². The molecular weight excluding hydrogens is 424 g/mol. The van der Waals surface area contributed by atoms with Crippen LogP contribution in [0.3, 0.4) is 0 Å². The van der Waals surface area contributed by atoms with E-state index in [-0.39, 0.29) is 11.6 Å². The number of rotatable bonds is 7. The van der Waals surface area contributed by atoms with E-state index in [4.69, 9.17) is 9.47 Å². The van der Waals surface area contributed by atoms with E-state index in [2.05, 4.69) is 20.0 Å². The third-order valence-electron chi connectivity index (χ3n) is 5.94. The van der Waals surface area contributed by atoms with E-state index in [1.807, 2.05) is 26.0 Å². The van der Waals surface area contributed by atoms with E-state index in [9.17, 15) is 9.59 Å². The summed E-state index contributed by atoms with van der Waals surface area (Å²) in [5.41, 5.74) is 0.144. The minimum absolute atomic E-state index is 0.101. The molecule has 33 heavy (non-hydrogen) atoms. The Morgan fingerprint density at radius 2 is 1.91 bits per heavy atom. The lowest BCUT2D eigenvalue weighted by Crippen LogP contribution is -2.46. The highest BCUT2D eigenvalue weighted by Gasteiger charge is 2.23. The fraction of sp³-hybridized carbons (Fsp3) is 0.522. The Labute approximate surface area is 191 Å². The molecule has 0 amide bonds. The Kier molecular flexibility index (Phi) is 6.73. The van der Waals surface area contributed by atoms with E-state index >= 15 is 0 Å². The summed E-state index contributed by atoms with van der Waals surface area (Å²) in [4.78, 5) is 34.4. The first kappa shape index (κ1) is 22.9. The molecule has 0 atom stereocenters. The standard InChI is InChI=1S/C23H30N6O4/c1-15(2)29-21-19(22(30)27(3)23(31)25-21)24-20(26-29)16-8-9-17(18(14-16)32-4)33-13-12-28-10-6-5-7-11-28/h8-9,14-15H,5-7,10-13H2,1-4H3/p+1. The van der Waals surface area contributed by atoms with E-state index < -0.39 is 11.2 Å². The molecule has 1 N–H and O–H groups in total. The first-order valence-electron chi connectivity index (χ1n) is 11.4. The van der Waals surface area contributed by atoms with E-state index in [0.29, 0.717) is 35.1 Å². The number of fused-ring (bicyclic) bond motifs is 1. The van der Waals surface area contributed by atoms with Gasteiger partial charge in [0.15, 0.2) is 11.5 Å². The zero-order valence-electron chi connectivity index (χ0n) is 19.6. The van der Waals surface area contributed by atoms with Crippen LogP contribution in [0, 0.1) is 0 Å². The first-order chi connectivity index (χ1) is 15.9. The van der Waals surface area contributed by atoms with Crippen LogP contribution >= 0.6 is 0 Å². The molecule has 2 aromatic heterocycles. The number of aromatic nitrogens is 5. The lowest BCUT2D eigenvalue weighted by atomic mass is 10.1. The van der Waals surface area contributed by atoms with Gasteiger partial charge in [0, 0.05) is 19.2 Å². The van der Waals surface area contributed by atoms with E-state index in [1.54, 1.807) is 17.9 Å². The SMILES string of the molecule is COc1cc(-c2nc3c(=O)n(C)c(=O)[nH]c3[n+](C(C)C)n2)ccc1OCCN1CCCCC1. The summed E-state index contributed by atoms with van der Waals surface area (Å²) in [6.07, 6.45) is 3.80. The summed E-state index contributed by atoms with van der Waals surface area (Å²) in [6.45, 7) is 7.56. The zero-order valence-corrected chi connectivity index (χ0v) is 19.6. The summed E-state index contributed by atoms with van der Waals surface area (Å²) >= 11 is 0. The van der Waals surface area contributed by atoms with E-state index in [0.717, 1.165) is 24.2 Å². The van der Waals surface area contributed by atoms with E-state index in [1.165, 1.54) is 26.3 Å². The van der Waals surface area contributed by atoms with Gasteiger partial charge in [0.25, 0.3) is 5.56 Å². The molecule has 0 spiro atoms. The second-order valence-corrected chi connectivity index (χ2v) is 8.58. The van der Waals surface area contributed by atoms with Crippen molar-refractivity contribution >= 4 is 11.2 Å². The van der Waals surface area contributed by atoms with Gasteiger partial charge in [0.05, 0.1) is 7.11 Å². The topological polar surface area (TPSA) is 106 Å². The second kappa shape index (κ2) is 9.70. The van der Waals surface area contributed by atoms with Crippen LogP contribution < -0.4 is 25.4 Å². The Morgan fingerprint density at radius 3 is 2.61 bits per heavy atom. The zero-order chi connectivity index (χ0) is 23.5. The van der Waals surface area contributed by atoms with Crippen LogP contribution in [0.15, 0.2) is 27.8 Å². The maximum absolute atomic E-state index is 12.7. The third-order valence-corrected chi connectivity index (χ3v) is 5.94. The summed E-state index contributed by atoms with van der Waals surface area (Å²) in [5.74, 6) is 1.58. The molecule has 1 aliphatic heterocycles. The maximum atomic E-state index is 12.7. The number of piperidine rings is 1. The van der Waals surface area contributed by atoms with Gasteiger partial charge in [-0.2, -0.15) is 4.98 Å². The minimum Gasteiger partial charge on any atom is -0.493 e. The molecule has 0 aliphatic carbocycles. The van der Waals surface area contributed by atoms with Crippen molar-refractivity contribution in [3.63, 3.8) is 0 Å². The number of benzene rings is 1. The smallest absolute Gasteiger partial charge is 0.416 e. The van der Waals surface area contributed by atoms with Gasteiger partial charge in [-0.1, -0.05) is 11.5 Å². The molecule has 0 bridgehead atoms. The van der Waals surface area contributed by atoms with Gasteiger partial charge in [-0.05, 0) is 58.0 Å². The number of hydrogen-bond donors (Lipinski definition) is 1.